The fraction of sp³-hybridized carbons (Fsp3) is 0. The zero-order chi connectivity index (χ0) is 17.9. The molecule has 0 fully saturated rings. The van der Waals surface area contributed by atoms with Crippen LogP contribution in [0, 0.1) is 0 Å². The van der Waals surface area contributed by atoms with Gasteiger partial charge in [-0.2, -0.15) is 0 Å². The van der Waals surface area contributed by atoms with E-state index in [1.807, 2.05) is 83.5 Å². The summed E-state index contributed by atoms with van der Waals surface area (Å²) in [7, 11) is 0. The maximum Gasteiger partial charge on any atom is 0.188 e. The van der Waals surface area contributed by atoms with E-state index >= 15 is 0 Å². The molecule has 0 aliphatic carbocycles. The molecule has 0 aliphatic rings. The number of rotatable bonds is 4. The first-order chi connectivity index (χ1) is 12.7. The van der Waals surface area contributed by atoms with E-state index in [4.69, 9.17) is 0 Å². The summed E-state index contributed by atoms with van der Waals surface area (Å²) in [5.41, 5.74) is 4.32. The molecule has 0 atom stereocenters. The van der Waals surface area contributed by atoms with Crippen LogP contribution in [0.15, 0.2) is 89.8 Å². The fourth-order valence-electron chi connectivity index (χ4n) is 2.84. The van der Waals surface area contributed by atoms with E-state index in [2.05, 4.69) is 20.9 Å². The van der Waals surface area contributed by atoms with Gasteiger partial charge in [0.1, 0.15) is 0 Å². The zero-order valence-corrected chi connectivity index (χ0v) is 15.4. The highest BCUT2D eigenvalue weighted by molar-refractivity contribution is 9.10. The van der Waals surface area contributed by atoms with Crippen LogP contribution in [0.1, 0.15) is 15.9 Å². The van der Waals surface area contributed by atoms with Crippen LogP contribution in [0.5, 0.6) is 0 Å². The van der Waals surface area contributed by atoms with Gasteiger partial charge < -0.3 is 4.40 Å². The molecule has 126 valence electrons. The van der Waals surface area contributed by atoms with Crippen LogP contribution in [0.2, 0.25) is 0 Å². The van der Waals surface area contributed by atoms with E-state index in [1.165, 1.54) is 0 Å². The summed E-state index contributed by atoms with van der Waals surface area (Å²) in [6.45, 7) is 0. The first kappa shape index (κ1) is 16.5. The number of hydrogen-bond donors (Lipinski definition) is 0. The molecule has 0 unspecified atom stereocenters. The van der Waals surface area contributed by atoms with Crippen LogP contribution in [-0.4, -0.2) is 15.2 Å². The monoisotopic (exact) mass is 402 g/mol. The van der Waals surface area contributed by atoms with Gasteiger partial charge in [-0.15, -0.1) is 0 Å². The van der Waals surface area contributed by atoms with E-state index in [0.29, 0.717) is 5.56 Å². The van der Waals surface area contributed by atoms with Crippen molar-refractivity contribution in [3.8, 4) is 11.3 Å². The molecule has 0 saturated carbocycles. The van der Waals surface area contributed by atoms with Crippen molar-refractivity contribution in [2.45, 2.75) is 0 Å². The van der Waals surface area contributed by atoms with Crippen molar-refractivity contribution in [3.05, 3.63) is 101 Å². The summed E-state index contributed by atoms with van der Waals surface area (Å²) in [5.74, 6) is -0.0440. The lowest BCUT2D eigenvalue weighted by atomic mass is 10.1. The van der Waals surface area contributed by atoms with E-state index in [1.54, 1.807) is 12.3 Å². The molecule has 4 rings (SSSR count). The molecule has 0 radical (unpaired) electrons. The topological polar surface area (TPSA) is 34.4 Å². The molecular formula is C22H15BrN2O. The maximum absolute atomic E-state index is 12.6. The van der Waals surface area contributed by atoms with Gasteiger partial charge in [0.05, 0.1) is 17.4 Å². The normalized spacial score (nSPS) is 11.3. The second-order valence-corrected chi connectivity index (χ2v) is 6.73. The van der Waals surface area contributed by atoms with E-state index in [9.17, 15) is 4.79 Å². The van der Waals surface area contributed by atoms with E-state index in [0.717, 1.165) is 26.8 Å². The summed E-state index contributed by atoms with van der Waals surface area (Å²) in [6.07, 6.45) is 9.01. The van der Waals surface area contributed by atoms with Crippen LogP contribution in [0.25, 0.3) is 22.9 Å². The van der Waals surface area contributed by atoms with Crippen molar-refractivity contribution in [3.63, 3.8) is 0 Å². The molecule has 0 aliphatic heterocycles. The first-order valence-corrected chi connectivity index (χ1v) is 9.01. The molecule has 0 bridgehead atoms. The van der Waals surface area contributed by atoms with Crippen molar-refractivity contribution >= 4 is 33.3 Å². The fourth-order valence-corrected chi connectivity index (χ4v) is 3.25. The zero-order valence-electron chi connectivity index (χ0n) is 13.8. The third-order valence-electron chi connectivity index (χ3n) is 4.20. The Morgan fingerprint density at radius 1 is 1.00 bits per heavy atom. The van der Waals surface area contributed by atoms with Crippen LogP contribution < -0.4 is 0 Å². The van der Waals surface area contributed by atoms with Crippen LogP contribution in [0.3, 0.4) is 0 Å². The van der Waals surface area contributed by atoms with Gasteiger partial charge in [-0.1, -0.05) is 64.5 Å². The van der Waals surface area contributed by atoms with Crippen molar-refractivity contribution in [2.75, 3.05) is 0 Å². The molecule has 2 aromatic heterocycles. The van der Waals surface area contributed by atoms with Crippen LogP contribution in [-0.2, 0) is 0 Å². The molecule has 3 nitrogen and oxygen atoms in total. The molecule has 0 amide bonds. The van der Waals surface area contributed by atoms with Gasteiger partial charge in [0.2, 0.25) is 0 Å². The lowest BCUT2D eigenvalue weighted by Gasteiger charge is -2.03. The Labute approximate surface area is 159 Å². The number of fused-ring (bicyclic) bond motifs is 1. The van der Waals surface area contributed by atoms with Gasteiger partial charge in [-0.05, 0) is 29.8 Å². The van der Waals surface area contributed by atoms with Gasteiger partial charge in [0, 0.05) is 28.0 Å². The minimum absolute atomic E-state index is 0.0440. The number of carbonyl (C=O) groups excluding carboxylic acids is 1. The highest BCUT2D eigenvalue weighted by Gasteiger charge is 2.10. The highest BCUT2D eigenvalue weighted by Crippen LogP contribution is 2.21. The Hall–Kier alpha value is -2.98. The standard InChI is InChI=1S/C22H15BrN2O/c23-19-9-5-4-6-16(19)10-11-22(26)18-12-13-25-15-20(24-14-21(18)25)17-7-2-1-3-8-17/h1-15H/b11-10+. The molecule has 0 spiro atoms. The molecule has 0 saturated heterocycles. The van der Waals surface area contributed by atoms with Crippen LogP contribution in [0.4, 0.5) is 0 Å². The number of benzene rings is 2. The Balaban J connectivity index is 1.65. The molecule has 4 aromatic rings. The summed E-state index contributed by atoms with van der Waals surface area (Å²) in [5, 5.41) is 0. The Morgan fingerprint density at radius 3 is 2.58 bits per heavy atom. The van der Waals surface area contributed by atoms with E-state index in [-0.39, 0.29) is 5.78 Å². The van der Waals surface area contributed by atoms with Crippen molar-refractivity contribution in [2.24, 2.45) is 0 Å². The van der Waals surface area contributed by atoms with E-state index < -0.39 is 0 Å². The average Bonchev–Trinajstić information content (AvgIpc) is 3.11. The number of carbonyl (C=O) groups is 1. The third-order valence-corrected chi connectivity index (χ3v) is 4.92. The predicted octanol–water partition coefficient (Wildman–Crippen LogP) is 5.66. The minimum Gasteiger partial charge on any atom is -0.320 e. The minimum atomic E-state index is -0.0440. The number of ketones is 1. The van der Waals surface area contributed by atoms with Crippen molar-refractivity contribution < 1.29 is 4.79 Å². The second kappa shape index (κ2) is 7.10. The lowest BCUT2D eigenvalue weighted by Crippen LogP contribution is -1.96. The van der Waals surface area contributed by atoms with Gasteiger partial charge in [-0.25, -0.2) is 0 Å². The Morgan fingerprint density at radius 2 is 1.77 bits per heavy atom. The second-order valence-electron chi connectivity index (χ2n) is 5.88. The maximum atomic E-state index is 12.6. The summed E-state index contributed by atoms with van der Waals surface area (Å²) in [6, 6.07) is 19.6. The smallest absolute Gasteiger partial charge is 0.188 e. The molecule has 26 heavy (non-hydrogen) atoms. The van der Waals surface area contributed by atoms with Gasteiger partial charge in [0.15, 0.2) is 5.78 Å². The molecule has 0 N–H and O–H groups in total. The number of aromatic nitrogens is 2. The quantitative estimate of drug-likeness (QED) is 0.326. The summed E-state index contributed by atoms with van der Waals surface area (Å²) >= 11 is 3.49. The Bertz CT molecular complexity index is 1110. The summed E-state index contributed by atoms with van der Waals surface area (Å²) in [4.78, 5) is 17.1. The van der Waals surface area contributed by atoms with Gasteiger partial charge in [-0.3, -0.25) is 9.78 Å². The highest BCUT2D eigenvalue weighted by atomic mass is 79.9. The van der Waals surface area contributed by atoms with Crippen LogP contribution >= 0.6 is 15.9 Å². The number of halogens is 1. The Kier molecular flexibility index (Phi) is 4.50. The molecule has 4 heteroatoms. The van der Waals surface area contributed by atoms with Gasteiger partial charge >= 0.3 is 0 Å². The van der Waals surface area contributed by atoms with Crippen molar-refractivity contribution in [1.29, 1.82) is 0 Å². The molecule has 2 aromatic carbocycles. The molecule has 2 heterocycles. The number of nitrogens with zero attached hydrogens (tertiary/aromatic N) is 2. The summed E-state index contributed by atoms with van der Waals surface area (Å²) < 4.78 is 2.90. The largest absolute Gasteiger partial charge is 0.320 e. The number of allylic oxidation sites excluding steroid dienone is 1. The first-order valence-electron chi connectivity index (χ1n) is 8.21. The average molecular weight is 403 g/mol. The van der Waals surface area contributed by atoms with Crippen molar-refractivity contribution in [1.82, 2.24) is 9.38 Å². The predicted molar refractivity (Wildman–Crippen MR) is 108 cm³/mol. The molecular weight excluding hydrogens is 388 g/mol. The van der Waals surface area contributed by atoms with Gasteiger partial charge in [0.25, 0.3) is 0 Å². The number of hydrogen-bond acceptors (Lipinski definition) is 2. The lowest BCUT2D eigenvalue weighted by molar-refractivity contribution is 0.104. The SMILES string of the molecule is O=C(/C=C/c1ccccc1Br)c1ccn2cc(-c3ccccc3)ncc12. The third kappa shape index (κ3) is 3.24.